The van der Waals surface area contributed by atoms with E-state index < -0.39 is 0 Å². The van der Waals surface area contributed by atoms with Crippen molar-refractivity contribution in [2.75, 3.05) is 26.2 Å². The number of benzene rings is 1. The predicted molar refractivity (Wildman–Crippen MR) is 71.9 cm³/mol. The molecule has 0 bridgehead atoms. The minimum Gasteiger partial charge on any atom is -0.315 e. The van der Waals surface area contributed by atoms with Gasteiger partial charge in [-0.05, 0) is 43.3 Å². The maximum absolute atomic E-state index is 6.19. The van der Waals surface area contributed by atoms with Crippen LogP contribution < -0.4 is 5.32 Å². The van der Waals surface area contributed by atoms with Gasteiger partial charge >= 0.3 is 0 Å². The molecule has 1 saturated heterocycles. The van der Waals surface area contributed by atoms with Gasteiger partial charge in [0.25, 0.3) is 0 Å². The van der Waals surface area contributed by atoms with Crippen molar-refractivity contribution in [2.45, 2.75) is 13.0 Å². The lowest BCUT2D eigenvalue weighted by atomic mass is 10.2. The molecule has 2 rings (SSSR count). The van der Waals surface area contributed by atoms with E-state index in [2.05, 4.69) is 32.2 Å². The zero-order valence-corrected chi connectivity index (χ0v) is 11.5. The van der Waals surface area contributed by atoms with Crippen molar-refractivity contribution in [1.82, 2.24) is 10.2 Å². The number of hydrogen-bond acceptors (Lipinski definition) is 2. The molecular formula is C12H16BrClN2. The largest absolute Gasteiger partial charge is 0.315 e. The minimum absolute atomic E-state index is 0.861. The van der Waals surface area contributed by atoms with Crippen molar-refractivity contribution in [3.63, 3.8) is 0 Å². The average molecular weight is 304 g/mol. The van der Waals surface area contributed by atoms with Crippen molar-refractivity contribution in [3.8, 4) is 0 Å². The first-order valence-electron chi connectivity index (χ1n) is 5.63. The Kier molecular flexibility index (Phi) is 4.65. The van der Waals surface area contributed by atoms with Gasteiger partial charge in [-0.15, -0.1) is 0 Å². The lowest BCUT2D eigenvalue weighted by Crippen LogP contribution is -2.27. The van der Waals surface area contributed by atoms with Crippen LogP contribution in [0.3, 0.4) is 0 Å². The zero-order valence-electron chi connectivity index (χ0n) is 9.18. The van der Waals surface area contributed by atoms with Crippen LogP contribution >= 0.6 is 27.5 Å². The number of halogens is 2. The van der Waals surface area contributed by atoms with Crippen LogP contribution in [0.15, 0.2) is 22.7 Å². The molecule has 0 saturated carbocycles. The average Bonchev–Trinajstić information content (AvgIpc) is 2.52. The van der Waals surface area contributed by atoms with Gasteiger partial charge in [0, 0.05) is 29.1 Å². The summed E-state index contributed by atoms with van der Waals surface area (Å²) in [6.07, 6.45) is 1.21. The van der Waals surface area contributed by atoms with E-state index in [1.54, 1.807) is 0 Å². The molecular weight excluding hydrogens is 288 g/mol. The molecule has 16 heavy (non-hydrogen) atoms. The standard InChI is InChI=1S/C12H16BrClN2/c13-11-2-3-12(14)10(8-11)9-16-6-1-4-15-5-7-16/h2-3,8,15H,1,4-7,9H2. The maximum atomic E-state index is 6.19. The SMILES string of the molecule is Clc1ccc(Br)cc1CN1CCCNCC1. The van der Waals surface area contributed by atoms with E-state index in [0.29, 0.717) is 0 Å². The molecule has 1 aromatic rings. The Morgan fingerprint density at radius 3 is 3.06 bits per heavy atom. The summed E-state index contributed by atoms with van der Waals surface area (Å²) in [5, 5.41) is 4.27. The van der Waals surface area contributed by atoms with Crippen LogP contribution in [-0.4, -0.2) is 31.1 Å². The molecule has 4 heteroatoms. The quantitative estimate of drug-likeness (QED) is 0.904. The molecule has 88 valence electrons. The summed E-state index contributed by atoms with van der Waals surface area (Å²) in [5.41, 5.74) is 1.21. The predicted octanol–water partition coefficient (Wildman–Crippen LogP) is 2.90. The highest BCUT2D eigenvalue weighted by atomic mass is 79.9. The number of hydrogen-bond donors (Lipinski definition) is 1. The van der Waals surface area contributed by atoms with E-state index in [4.69, 9.17) is 11.6 Å². The van der Waals surface area contributed by atoms with Gasteiger partial charge in [-0.1, -0.05) is 27.5 Å². The van der Waals surface area contributed by atoms with Crippen LogP contribution in [0.1, 0.15) is 12.0 Å². The molecule has 1 heterocycles. The highest BCUT2D eigenvalue weighted by Crippen LogP contribution is 2.22. The Labute approximate surface area is 110 Å². The Balaban J connectivity index is 2.04. The van der Waals surface area contributed by atoms with Crippen molar-refractivity contribution in [3.05, 3.63) is 33.3 Å². The monoisotopic (exact) mass is 302 g/mol. The van der Waals surface area contributed by atoms with Crippen LogP contribution in [0.2, 0.25) is 5.02 Å². The number of rotatable bonds is 2. The van der Waals surface area contributed by atoms with Crippen molar-refractivity contribution < 1.29 is 0 Å². The van der Waals surface area contributed by atoms with Crippen LogP contribution in [-0.2, 0) is 6.54 Å². The normalized spacial score (nSPS) is 18.4. The molecule has 1 fully saturated rings. The Morgan fingerprint density at radius 2 is 2.19 bits per heavy atom. The van der Waals surface area contributed by atoms with Crippen molar-refractivity contribution in [2.24, 2.45) is 0 Å². The first kappa shape index (κ1) is 12.4. The summed E-state index contributed by atoms with van der Waals surface area (Å²) in [6.45, 7) is 5.40. The van der Waals surface area contributed by atoms with Gasteiger partial charge in [0.15, 0.2) is 0 Å². The second kappa shape index (κ2) is 6.01. The van der Waals surface area contributed by atoms with E-state index in [1.807, 2.05) is 12.1 Å². The second-order valence-electron chi connectivity index (χ2n) is 4.12. The summed E-state index contributed by atoms with van der Waals surface area (Å²) >= 11 is 9.68. The zero-order chi connectivity index (χ0) is 11.4. The minimum atomic E-state index is 0.861. The van der Waals surface area contributed by atoms with E-state index >= 15 is 0 Å². The van der Waals surface area contributed by atoms with E-state index in [9.17, 15) is 0 Å². The topological polar surface area (TPSA) is 15.3 Å². The molecule has 0 aliphatic carbocycles. The van der Waals surface area contributed by atoms with Crippen LogP contribution in [0.25, 0.3) is 0 Å². The molecule has 1 aromatic carbocycles. The summed E-state index contributed by atoms with van der Waals surface area (Å²) in [6, 6.07) is 6.05. The summed E-state index contributed by atoms with van der Waals surface area (Å²) in [7, 11) is 0. The van der Waals surface area contributed by atoms with Crippen molar-refractivity contribution in [1.29, 1.82) is 0 Å². The Morgan fingerprint density at radius 1 is 1.31 bits per heavy atom. The van der Waals surface area contributed by atoms with E-state index in [0.717, 1.165) is 42.2 Å². The Bertz CT molecular complexity index is 349. The third-order valence-electron chi connectivity index (χ3n) is 2.83. The molecule has 2 nitrogen and oxygen atoms in total. The third-order valence-corrected chi connectivity index (χ3v) is 3.70. The first-order chi connectivity index (χ1) is 7.75. The molecule has 1 N–H and O–H groups in total. The van der Waals surface area contributed by atoms with Gasteiger partial charge in [0.2, 0.25) is 0 Å². The molecule has 0 spiro atoms. The Hall–Kier alpha value is -0.0900. The lowest BCUT2D eigenvalue weighted by Gasteiger charge is -2.20. The van der Waals surface area contributed by atoms with Crippen molar-refractivity contribution >= 4 is 27.5 Å². The third kappa shape index (κ3) is 3.45. The van der Waals surface area contributed by atoms with Gasteiger partial charge in [-0.3, -0.25) is 4.90 Å². The fourth-order valence-corrected chi connectivity index (χ4v) is 2.55. The van der Waals surface area contributed by atoms with Crippen LogP contribution in [0.5, 0.6) is 0 Å². The summed E-state index contributed by atoms with van der Waals surface area (Å²) in [5.74, 6) is 0. The van der Waals surface area contributed by atoms with E-state index in [-0.39, 0.29) is 0 Å². The fraction of sp³-hybridized carbons (Fsp3) is 0.500. The van der Waals surface area contributed by atoms with Gasteiger partial charge in [0.05, 0.1) is 0 Å². The van der Waals surface area contributed by atoms with Gasteiger partial charge in [-0.2, -0.15) is 0 Å². The number of nitrogens with one attached hydrogen (secondary N) is 1. The van der Waals surface area contributed by atoms with Gasteiger partial charge in [-0.25, -0.2) is 0 Å². The molecule has 0 radical (unpaired) electrons. The molecule has 0 amide bonds. The second-order valence-corrected chi connectivity index (χ2v) is 5.44. The highest BCUT2D eigenvalue weighted by Gasteiger charge is 2.10. The van der Waals surface area contributed by atoms with Crippen LogP contribution in [0.4, 0.5) is 0 Å². The summed E-state index contributed by atoms with van der Waals surface area (Å²) < 4.78 is 1.10. The van der Waals surface area contributed by atoms with E-state index in [1.165, 1.54) is 12.0 Å². The maximum Gasteiger partial charge on any atom is 0.0451 e. The van der Waals surface area contributed by atoms with Crippen LogP contribution in [0, 0.1) is 0 Å². The molecule has 1 aliphatic heterocycles. The molecule has 0 atom stereocenters. The lowest BCUT2D eigenvalue weighted by molar-refractivity contribution is 0.284. The fourth-order valence-electron chi connectivity index (χ4n) is 1.97. The molecule has 0 aromatic heterocycles. The smallest absolute Gasteiger partial charge is 0.0451 e. The molecule has 0 unspecified atom stereocenters. The van der Waals surface area contributed by atoms with Gasteiger partial charge in [0.1, 0.15) is 0 Å². The molecule has 1 aliphatic rings. The number of nitrogens with zero attached hydrogens (tertiary/aromatic N) is 1. The summed E-state index contributed by atoms with van der Waals surface area (Å²) in [4.78, 5) is 2.45. The van der Waals surface area contributed by atoms with Gasteiger partial charge < -0.3 is 5.32 Å². The highest BCUT2D eigenvalue weighted by molar-refractivity contribution is 9.10. The first-order valence-corrected chi connectivity index (χ1v) is 6.80.